The number of imide groups is 1. The number of hydrogen-bond acceptors (Lipinski definition) is 4. The molecule has 3 aromatic carbocycles. The van der Waals surface area contributed by atoms with E-state index in [4.69, 9.17) is 0 Å². The number of carbonyl (C=O) groups excluding carboxylic acids is 3. The van der Waals surface area contributed by atoms with Gasteiger partial charge in [0.2, 0.25) is 17.7 Å². The highest BCUT2D eigenvalue weighted by atomic mass is 19.1. The lowest BCUT2D eigenvalue weighted by molar-refractivity contribution is -0.130. The van der Waals surface area contributed by atoms with E-state index in [1.807, 2.05) is 36.5 Å². The van der Waals surface area contributed by atoms with Gasteiger partial charge in [-0.2, -0.15) is 0 Å². The maximum atomic E-state index is 14.4. The third kappa shape index (κ3) is 2.67. The highest BCUT2D eigenvalue weighted by Gasteiger charge is 2.70. The molecule has 178 valence electrons. The van der Waals surface area contributed by atoms with E-state index in [2.05, 4.69) is 15.6 Å². The van der Waals surface area contributed by atoms with Crippen molar-refractivity contribution in [3.63, 3.8) is 0 Å². The second-order valence-corrected chi connectivity index (χ2v) is 9.62. The zero-order chi connectivity index (χ0) is 24.6. The predicted octanol–water partition coefficient (Wildman–Crippen LogP) is 3.47. The van der Waals surface area contributed by atoms with Crippen molar-refractivity contribution < 1.29 is 18.8 Å². The van der Waals surface area contributed by atoms with Gasteiger partial charge in [-0.05, 0) is 48.4 Å². The molecule has 0 aliphatic carbocycles. The molecule has 0 bridgehead atoms. The summed E-state index contributed by atoms with van der Waals surface area (Å²) in [6, 6.07) is 20.1. The van der Waals surface area contributed by atoms with Crippen molar-refractivity contribution in [2.45, 2.75) is 18.0 Å². The van der Waals surface area contributed by atoms with Gasteiger partial charge in [0, 0.05) is 34.4 Å². The van der Waals surface area contributed by atoms with Gasteiger partial charge in [0.25, 0.3) is 0 Å². The van der Waals surface area contributed by atoms with E-state index >= 15 is 0 Å². The number of H-pyrrole nitrogens is 1. The lowest BCUT2D eigenvalue weighted by Gasteiger charge is -2.29. The Morgan fingerprint density at radius 3 is 2.53 bits per heavy atom. The van der Waals surface area contributed by atoms with Crippen molar-refractivity contribution >= 4 is 40.0 Å². The Morgan fingerprint density at radius 2 is 1.69 bits per heavy atom. The van der Waals surface area contributed by atoms with Gasteiger partial charge < -0.3 is 10.3 Å². The second-order valence-electron chi connectivity index (χ2n) is 9.62. The number of para-hydroxylation sites is 2. The normalized spacial score (nSPS) is 26.6. The fourth-order valence-corrected chi connectivity index (χ4v) is 6.32. The molecule has 7 nitrogen and oxygen atoms in total. The summed E-state index contributed by atoms with van der Waals surface area (Å²) in [7, 11) is 0. The molecular formula is C28H21FN4O3. The molecule has 4 atom stereocenters. The molecule has 36 heavy (non-hydrogen) atoms. The molecule has 0 unspecified atom stereocenters. The standard InChI is InChI=1S/C28H21FN4O3/c29-16-10-11-21-19(13-16)28(27(36)31-21)24-23(25(34)33(26(24)35)17-6-2-1-3-7-17)22(32-28)12-15-14-30-20-9-5-4-8-18(15)20/h1-11,13-14,22-24,30,32H,12H2,(H,31,36)/t22-,23-,24+,28+/m1/s1. The summed E-state index contributed by atoms with van der Waals surface area (Å²) in [5.41, 5.74) is 1.65. The maximum Gasteiger partial charge on any atom is 0.250 e. The SMILES string of the molecule is O=C1[C@H]2[C@@H](C(=O)N1c1ccccc1)[C@]1(N[C@@H]2Cc2c[nH]c3ccccc23)C(=O)Nc2ccc(F)cc21. The number of anilines is 2. The Balaban J connectivity index is 1.39. The average Bonchev–Trinajstić information content (AvgIpc) is 3.59. The van der Waals surface area contributed by atoms with Crippen molar-refractivity contribution in [3.05, 3.63) is 95.9 Å². The molecule has 3 aliphatic rings. The summed E-state index contributed by atoms with van der Waals surface area (Å²) >= 11 is 0. The minimum Gasteiger partial charge on any atom is -0.361 e. The molecule has 4 aromatic rings. The van der Waals surface area contributed by atoms with E-state index in [0.717, 1.165) is 16.5 Å². The predicted molar refractivity (Wildman–Crippen MR) is 132 cm³/mol. The molecule has 3 aliphatic heterocycles. The first-order valence-electron chi connectivity index (χ1n) is 11.9. The average molecular weight is 480 g/mol. The fraction of sp³-hybridized carbons (Fsp3) is 0.179. The first-order chi connectivity index (χ1) is 17.5. The van der Waals surface area contributed by atoms with Crippen molar-refractivity contribution in [1.29, 1.82) is 0 Å². The fourth-order valence-electron chi connectivity index (χ4n) is 6.32. The minimum absolute atomic E-state index is 0.358. The molecule has 1 spiro atoms. The number of nitrogens with zero attached hydrogens (tertiary/aromatic N) is 1. The summed E-state index contributed by atoms with van der Waals surface area (Å²) in [5, 5.41) is 7.20. The monoisotopic (exact) mass is 480 g/mol. The summed E-state index contributed by atoms with van der Waals surface area (Å²) in [6.07, 6.45) is 2.30. The lowest BCUT2D eigenvalue weighted by atomic mass is 9.76. The van der Waals surface area contributed by atoms with Crippen LogP contribution in [0.1, 0.15) is 11.1 Å². The van der Waals surface area contributed by atoms with Gasteiger partial charge in [-0.25, -0.2) is 9.29 Å². The molecule has 4 heterocycles. The van der Waals surface area contributed by atoms with Crippen LogP contribution in [0.3, 0.4) is 0 Å². The number of aromatic nitrogens is 1. The van der Waals surface area contributed by atoms with Crippen molar-refractivity contribution in [3.8, 4) is 0 Å². The molecule has 0 radical (unpaired) electrons. The van der Waals surface area contributed by atoms with E-state index in [9.17, 15) is 18.8 Å². The van der Waals surface area contributed by atoms with Crippen LogP contribution >= 0.6 is 0 Å². The van der Waals surface area contributed by atoms with Crippen LogP contribution in [0.25, 0.3) is 10.9 Å². The van der Waals surface area contributed by atoms with Gasteiger partial charge in [-0.3, -0.25) is 19.7 Å². The van der Waals surface area contributed by atoms with Gasteiger partial charge in [0.1, 0.15) is 11.4 Å². The zero-order valence-corrected chi connectivity index (χ0v) is 19.0. The number of rotatable bonds is 3. The summed E-state index contributed by atoms with van der Waals surface area (Å²) in [5.74, 6) is -3.59. The molecule has 2 saturated heterocycles. The number of aromatic amines is 1. The molecule has 3 amide bonds. The number of amides is 3. The molecule has 1 aromatic heterocycles. The van der Waals surface area contributed by atoms with Crippen LogP contribution in [0.15, 0.2) is 79.0 Å². The van der Waals surface area contributed by atoms with Crippen LogP contribution in [0.4, 0.5) is 15.8 Å². The summed E-state index contributed by atoms with van der Waals surface area (Å²) in [6.45, 7) is 0. The van der Waals surface area contributed by atoms with E-state index in [0.29, 0.717) is 23.4 Å². The Labute approximate surface area is 205 Å². The van der Waals surface area contributed by atoms with Gasteiger partial charge in [-0.15, -0.1) is 0 Å². The Morgan fingerprint density at radius 1 is 0.917 bits per heavy atom. The van der Waals surface area contributed by atoms with Crippen molar-refractivity contribution in [2.75, 3.05) is 10.2 Å². The molecule has 8 heteroatoms. The molecular weight excluding hydrogens is 459 g/mol. The number of nitrogens with one attached hydrogen (secondary N) is 3. The third-order valence-electron chi connectivity index (χ3n) is 7.81. The Hall–Kier alpha value is -4.30. The Kier molecular flexibility index (Phi) is 4.29. The van der Waals surface area contributed by atoms with Crippen molar-refractivity contribution in [2.24, 2.45) is 11.8 Å². The molecule has 3 N–H and O–H groups in total. The van der Waals surface area contributed by atoms with Crippen LogP contribution in [0, 0.1) is 17.7 Å². The summed E-state index contributed by atoms with van der Waals surface area (Å²) < 4.78 is 14.4. The van der Waals surface area contributed by atoms with Crippen molar-refractivity contribution in [1.82, 2.24) is 10.3 Å². The number of hydrogen-bond donors (Lipinski definition) is 3. The van der Waals surface area contributed by atoms with E-state index < -0.39 is 41.0 Å². The second kappa shape index (κ2) is 7.35. The van der Waals surface area contributed by atoms with Gasteiger partial charge in [0.15, 0.2) is 0 Å². The van der Waals surface area contributed by atoms with Crippen LogP contribution in [-0.2, 0) is 26.3 Å². The maximum absolute atomic E-state index is 14.4. The number of fused-ring (bicyclic) bond motifs is 5. The van der Waals surface area contributed by atoms with Gasteiger partial charge >= 0.3 is 0 Å². The topological polar surface area (TPSA) is 94.3 Å². The van der Waals surface area contributed by atoms with E-state index in [1.165, 1.54) is 23.1 Å². The summed E-state index contributed by atoms with van der Waals surface area (Å²) in [4.78, 5) is 45.8. The first-order valence-corrected chi connectivity index (χ1v) is 11.9. The lowest BCUT2D eigenvalue weighted by Crippen LogP contribution is -2.53. The van der Waals surface area contributed by atoms with Crippen LogP contribution < -0.4 is 15.5 Å². The van der Waals surface area contributed by atoms with Crippen LogP contribution in [-0.4, -0.2) is 28.7 Å². The third-order valence-corrected chi connectivity index (χ3v) is 7.81. The minimum atomic E-state index is -1.55. The van der Waals surface area contributed by atoms with Crippen LogP contribution in [0.5, 0.6) is 0 Å². The first kappa shape index (κ1) is 21.0. The van der Waals surface area contributed by atoms with E-state index in [-0.39, 0.29) is 5.91 Å². The zero-order valence-electron chi connectivity index (χ0n) is 19.0. The van der Waals surface area contributed by atoms with Gasteiger partial charge in [0.05, 0.1) is 17.5 Å². The van der Waals surface area contributed by atoms with E-state index in [1.54, 1.807) is 24.3 Å². The smallest absolute Gasteiger partial charge is 0.250 e. The largest absolute Gasteiger partial charge is 0.361 e. The molecule has 7 rings (SSSR count). The Bertz CT molecular complexity index is 1580. The highest BCUT2D eigenvalue weighted by molar-refractivity contribution is 6.25. The van der Waals surface area contributed by atoms with Crippen LogP contribution in [0.2, 0.25) is 0 Å². The van der Waals surface area contributed by atoms with Gasteiger partial charge in [-0.1, -0.05) is 36.4 Å². The quantitative estimate of drug-likeness (QED) is 0.392. The highest BCUT2D eigenvalue weighted by Crippen LogP contribution is 2.54. The number of benzene rings is 3. The number of halogens is 1. The molecule has 0 saturated carbocycles. The molecule has 2 fully saturated rings. The number of carbonyl (C=O) groups is 3.